The fraction of sp³-hybridized carbons (Fsp3) is 0.500. The molecule has 1 aromatic carbocycles. The summed E-state index contributed by atoms with van der Waals surface area (Å²) in [4.78, 5) is 26.4. The first-order valence-corrected chi connectivity index (χ1v) is 9.84. The minimum absolute atomic E-state index is 0.0363. The van der Waals surface area contributed by atoms with E-state index in [0.717, 1.165) is 5.56 Å². The highest BCUT2D eigenvalue weighted by atomic mass is 16.6. The fourth-order valence-electron chi connectivity index (χ4n) is 3.45. The molecule has 0 N–H and O–H groups in total. The average Bonchev–Trinajstić information content (AvgIpc) is 3.10. The molecule has 0 saturated heterocycles. The lowest BCUT2D eigenvalue weighted by Crippen LogP contribution is -2.46. The summed E-state index contributed by atoms with van der Waals surface area (Å²) >= 11 is 0. The Morgan fingerprint density at radius 2 is 1.68 bits per heavy atom. The Morgan fingerprint density at radius 1 is 1.11 bits per heavy atom. The summed E-state index contributed by atoms with van der Waals surface area (Å²) in [5.74, 6) is -1.50. The molecule has 0 radical (unpaired) electrons. The lowest BCUT2D eigenvalue weighted by atomic mass is 9.68. The van der Waals surface area contributed by atoms with E-state index in [1.165, 1.54) is 0 Å². The van der Waals surface area contributed by atoms with Crippen LogP contribution in [0.25, 0.3) is 0 Å². The standard InChI is InChI=1S/C24H32O4/c1-17(2)18(3)20(21(25)27-16-19-12-8-7-9-13-19)24(14-10-11-15-24)22(26)28-23(4,5)6/h7-13,17,20H,3,14-16H2,1-2,4-6H3/t20-/m0/s1. The lowest BCUT2D eigenvalue weighted by Gasteiger charge is -2.38. The molecule has 0 saturated carbocycles. The first-order chi connectivity index (χ1) is 13.1. The first kappa shape index (κ1) is 21.9. The Labute approximate surface area is 168 Å². The van der Waals surface area contributed by atoms with Crippen LogP contribution in [0.4, 0.5) is 0 Å². The van der Waals surface area contributed by atoms with E-state index in [4.69, 9.17) is 9.47 Å². The van der Waals surface area contributed by atoms with Crippen LogP contribution in [0.2, 0.25) is 0 Å². The van der Waals surface area contributed by atoms with Gasteiger partial charge in [0, 0.05) is 0 Å². The fourth-order valence-corrected chi connectivity index (χ4v) is 3.45. The zero-order chi connectivity index (χ0) is 20.9. The number of carbonyl (C=O) groups excluding carboxylic acids is 2. The van der Waals surface area contributed by atoms with E-state index in [0.29, 0.717) is 18.4 Å². The highest BCUT2D eigenvalue weighted by Gasteiger charge is 2.53. The average molecular weight is 385 g/mol. The predicted octanol–water partition coefficient (Wildman–Crippen LogP) is 5.24. The quantitative estimate of drug-likeness (QED) is 0.477. The molecule has 1 aromatic rings. The Morgan fingerprint density at radius 3 is 2.18 bits per heavy atom. The lowest BCUT2D eigenvalue weighted by molar-refractivity contribution is -0.176. The Kier molecular flexibility index (Phi) is 6.87. The van der Waals surface area contributed by atoms with Crippen molar-refractivity contribution in [3.05, 3.63) is 60.2 Å². The van der Waals surface area contributed by atoms with Gasteiger partial charge in [-0.05, 0) is 45.1 Å². The number of ether oxygens (including phenoxy) is 2. The van der Waals surface area contributed by atoms with Crippen LogP contribution in [0, 0.1) is 17.3 Å². The van der Waals surface area contributed by atoms with Gasteiger partial charge in [-0.15, -0.1) is 0 Å². The zero-order valence-corrected chi connectivity index (χ0v) is 17.7. The molecule has 0 bridgehead atoms. The summed E-state index contributed by atoms with van der Waals surface area (Å²) < 4.78 is 11.4. The van der Waals surface area contributed by atoms with Gasteiger partial charge in [-0.25, -0.2) is 0 Å². The van der Waals surface area contributed by atoms with Crippen LogP contribution in [-0.4, -0.2) is 17.5 Å². The van der Waals surface area contributed by atoms with Gasteiger partial charge in [-0.3, -0.25) is 9.59 Å². The van der Waals surface area contributed by atoms with Gasteiger partial charge in [-0.2, -0.15) is 0 Å². The highest BCUT2D eigenvalue weighted by Crippen LogP contribution is 2.47. The van der Waals surface area contributed by atoms with Crippen molar-refractivity contribution in [2.45, 2.75) is 59.7 Å². The van der Waals surface area contributed by atoms with Crippen LogP contribution in [0.1, 0.15) is 53.0 Å². The second-order valence-electron chi connectivity index (χ2n) is 8.79. The number of allylic oxidation sites excluding steroid dienone is 2. The molecule has 0 heterocycles. The molecule has 4 nitrogen and oxygen atoms in total. The van der Waals surface area contributed by atoms with Gasteiger partial charge in [-0.1, -0.05) is 68.5 Å². The van der Waals surface area contributed by atoms with E-state index < -0.39 is 22.9 Å². The molecular formula is C24H32O4. The summed E-state index contributed by atoms with van der Waals surface area (Å²) in [5.41, 5.74) is -0.0274. The van der Waals surface area contributed by atoms with Crippen molar-refractivity contribution in [1.29, 1.82) is 0 Å². The number of hydrogen-bond acceptors (Lipinski definition) is 4. The Balaban J connectivity index is 2.32. The monoisotopic (exact) mass is 384 g/mol. The molecule has 0 amide bonds. The number of esters is 2. The summed E-state index contributed by atoms with van der Waals surface area (Å²) in [6.45, 7) is 13.8. The van der Waals surface area contributed by atoms with Crippen LogP contribution < -0.4 is 0 Å². The molecule has 1 atom stereocenters. The Hall–Kier alpha value is -2.36. The maximum Gasteiger partial charge on any atom is 0.314 e. The van der Waals surface area contributed by atoms with Gasteiger partial charge in [0.2, 0.25) is 0 Å². The molecule has 152 valence electrons. The summed E-state index contributed by atoms with van der Waals surface area (Å²) in [6, 6.07) is 9.52. The minimum Gasteiger partial charge on any atom is -0.460 e. The van der Waals surface area contributed by atoms with E-state index >= 15 is 0 Å². The van der Waals surface area contributed by atoms with E-state index in [1.807, 2.05) is 77.1 Å². The maximum absolute atomic E-state index is 13.2. The second-order valence-corrected chi connectivity index (χ2v) is 8.79. The van der Waals surface area contributed by atoms with Crippen LogP contribution >= 0.6 is 0 Å². The maximum atomic E-state index is 13.2. The molecule has 0 aromatic heterocycles. The molecule has 0 unspecified atom stereocenters. The van der Waals surface area contributed by atoms with Crippen molar-refractivity contribution in [2.24, 2.45) is 17.3 Å². The molecular weight excluding hydrogens is 352 g/mol. The van der Waals surface area contributed by atoms with E-state index in [2.05, 4.69) is 6.58 Å². The van der Waals surface area contributed by atoms with Gasteiger partial charge in [0.1, 0.15) is 12.2 Å². The van der Waals surface area contributed by atoms with Crippen molar-refractivity contribution >= 4 is 11.9 Å². The SMILES string of the molecule is C=C(C(C)C)[C@@H](C(=O)OCc1ccccc1)C1(C(=O)OC(C)(C)C)CC=CC1. The van der Waals surface area contributed by atoms with Crippen molar-refractivity contribution in [3.63, 3.8) is 0 Å². The molecule has 1 aliphatic rings. The number of benzene rings is 1. The van der Waals surface area contributed by atoms with E-state index in [-0.39, 0.29) is 18.5 Å². The van der Waals surface area contributed by atoms with Crippen molar-refractivity contribution in [1.82, 2.24) is 0 Å². The second kappa shape index (κ2) is 8.76. The molecule has 0 spiro atoms. The highest BCUT2D eigenvalue weighted by molar-refractivity contribution is 5.88. The normalized spacial score (nSPS) is 16.6. The van der Waals surface area contributed by atoms with Gasteiger partial charge >= 0.3 is 11.9 Å². The number of hydrogen-bond donors (Lipinski definition) is 0. The summed E-state index contributed by atoms with van der Waals surface area (Å²) in [5, 5.41) is 0. The van der Waals surface area contributed by atoms with E-state index in [1.54, 1.807) is 0 Å². The zero-order valence-electron chi connectivity index (χ0n) is 17.7. The molecule has 1 aliphatic carbocycles. The molecule has 2 rings (SSSR count). The number of rotatable bonds is 7. The largest absolute Gasteiger partial charge is 0.460 e. The van der Waals surface area contributed by atoms with Gasteiger partial charge < -0.3 is 9.47 Å². The van der Waals surface area contributed by atoms with Gasteiger partial charge in [0.25, 0.3) is 0 Å². The van der Waals surface area contributed by atoms with Crippen LogP contribution in [0.15, 0.2) is 54.6 Å². The topological polar surface area (TPSA) is 52.6 Å². The van der Waals surface area contributed by atoms with Crippen LogP contribution in [0.5, 0.6) is 0 Å². The Bertz CT molecular complexity index is 730. The minimum atomic E-state index is -0.998. The summed E-state index contributed by atoms with van der Waals surface area (Å²) in [7, 11) is 0. The van der Waals surface area contributed by atoms with Crippen molar-refractivity contribution in [2.75, 3.05) is 0 Å². The predicted molar refractivity (Wildman–Crippen MR) is 110 cm³/mol. The van der Waals surface area contributed by atoms with Crippen LogP contribution in [0.3, 0.4) is 0 Å². The third kappa shape index (κ3) is 5.12. The van der Waals surface area contributed by atoms with Crippen LogP contribution in [-0.2, 0) is 25.7 Å². The van der Waals surface area contributed by atoms with Gasteiger partial charge in [0.15, 0.2) is 0 Å². The third-order valence-electron chi connectivity index (χ3n) is 5.06. The van der Waals surface area contributed by atoms with Crippen molar-refractivity contribution < 1.29 is 19.1 Å². The molecule has 0 fully saturated rings. The smallest absolute Gasteiger partial charge is 0.314 e. The van der Waals surface area contributed by atoms with Gasteiger partial charge in [0.05, 0.1) is 11.3 Å². The third-order valence-corrected chi connectivity index (χ3v) is 5.06. The number of carbonyl (C=O) groups is 2. The molecule has 4 heteroatoms. The van der Waals surface area contributed by atoms with Crippen molar-refractivity contribution in [3.8, 4) is 0 Å². The first-order valence-electron chi connectivity index (χ1n) is 9.84. The summed E-state index contributed by atoms with van der Waals surface area (Å²) in [6.07, 6.45) is 4.77. The van der Waals surface area contributed by atoms with E-state index in [9.17, 15) is 9.59 Å². The molecule has 0 aliphatic heterocycles. The molecule has 28 heavy (non-hydrogen) atoms.